The van der Waals surface area contributed by atoms with Gasteiger partial charge in [-0.2, -0.15) is 0 Å². The highest BCUT2D eigenvalue weighted by Crippen LogP contribution is 2.61. The molecule has 0 amide bonds. The first-order valence-electron chi connectivity index (χ1n) is 9.83. The molecule has 0 spiro atoms. The van der Waals surface area contributed by atoms with Crippen LogP contribution < -0.4 is 10.1 Å². The number of nitrogens with one attached hydrogen (secondary N) is 1. The first kappa shape index (κ1) is 18.3. The molecular weight excluding hydrogens is 442 g/mol. The van der Waals surface area contributed by atoms with Crippen LogP contribution in [0.3, 0.4) is 0 Å². The molecule has 1 N–H and O–H groups in total. The topological polar surface area (TPSA) is 21.3 Å². The van der Waals surface area contributed by atoms with Gasteiger partial charge in [-0.25, -0.2) is 0 Å². The lowest BCUT2D eigenvalue weighted by Crippen LogP contribution is -2.54. The zero-order valence-corrected chi connectivity index (χ0v) is 18.5. The molecule has 4 heteroatoms. The van der Waals surface area contributed by atoms with Crippen molar-refractivity contribution in [2.45, 2.75) is 65.0 Å². The Morgan fingerprint density at radius 1 is 1.08 bits per heavy atom. The van der Waals surface area contributed by atoms with Crippen molar-refractivity contribution in [3.63, 3.8) is 0 Å². The molecule has 0 saturated heterocycles. The highest BCUT2D eigenvalue weighted by atomic mass is 79.9. The van der Waals surface area contributed by atoms with E-state index in [0.29, 0.717) is 18.1 Å². The predicted molar refractivity (Wildman–Crippen MR) is 110 cm³/mol. The van der Waals surface area contributed by atoms with Gasteiger partial charge in [0.25, 0.3) is 0 Å². The van der Waals surface area contributed by atoms with E-state index >= 15 is 0 Å². The summed E-state index contributed by atoms with van der Waals surface area (Å²) in [5.74, 6) is 3.96. The summed E-state index contributed by atoms with van der Waals surface area (Å²) in [7, 11) is 0. The first-order valence-corrected chi connectivity index (χ1v) is 11.4. The Morgan fingerprint density at radius 3 is 2.08 bits per heavy atom. The van der Waals surface area contributed by atoms with Gasteiger partial charge in [-0.15, -0.1) is 0 Å². The third-order valence-electron chi connectivity index (χ3n) is 6.96. The van der Waals surface area contributed by atoms with Gasteiger partial charge in [0, 0.05) is 12.6 Å². The lowest BCUT2D eigenvalue weighted by atomic mass is 9.48. The molecule has 0 aromatic heterocycles. The number of hydrogen-bond acceptors (Lipinski definition) is 2. The van der Waals surface area contributed by atoms with E-state index in [1.165, 1.54) is 44.1 Å². The highest BCUT2D eigenvalue weighted by Gasteiger charge is 2.52. The molecule has 0 aliphatic heterocycles. The minimum Gasteiger partial charge on any atom is -0.492 e. The van der Waals surface area contributed by atoms with E-state index in [1.54, 1.807) is 0 Å². The number of rotatable bonds is 6. The lowest BCUT2D eigenvalue weighted by molar-refractivity contribution is -0.0706. The van der Waals surface area contributed by atoms with Crippen LogP contribution in [0.15, 0.2) is 21.1 Å². The second kappa shape index (κ2) is 7.16. The first-order chi connectivity index (χ1) is 12.0. The van der Waals surface area contributed by atoms with Crippen molar-refractivity contribution in [1.82, 2.24) is 5.32 Å². The Balaban J connectivity index is 1.43. The van der Waals surface area contributed by atoms with Crippen LogP contribution in [0.5, 0.6) is 5.75 Å². The van der Waals surface area contributed by atoms with Crippen molar-refractivity contribution in [3.8, 4) is 5.75 Å². The van der Waals surface area contributed by atoms with Gasteiger partial charge in [0.1, 0.15) is 5.75 Å². The normalized spacial score (nSPS) is 34.3. The SMILES string of the molecule is CCOc1c(Br)cc(CNC(C)C23CC4CC(CC(C4)C2)C3)cc1Br. The van der Waals surface area contributed by atoms with E-state index in [-0.39, 0.29) is 0 Å². The number of hydrogen-bond donors (Lipinski definition) is 1. The Bertz CT molecular complexity index is 586. The van der Waals surface area contributed by atoms with E-state index in [1.807, 2.05) is 6.92 Å². The minimum atomic E-state index is 0.564. The summed E-state index contributed by atoms with van der Waals surface area (Å²) in [6, 6.07) is 4.98. The Kier molecular flexibility index (Phi) is 5.25. The van der Waals surface area contributed by atoms with Crippen LogP contribution in [-0.4, -0.2) is 12.6 Å². The molecule has 1 aromatic carbocycles. The van der Waals surface area contributed by atoms with Crippen LogP contribution >= 0.6 is 31.9 Å². The summed E-state index contributed by atoms with van der Waals surface area (Å²) in [4.78, 5) is 0. The quantitative estimate of drug-likeness (QED) is 0.526. The van der Waals surface area contributed by atoms with E-state index in [2.05, 4.69) is 56.2 Å². The summed E-state index contributed by atoms with van der Waals surface area (Å²) in [5, 5.41) is 3.88. The number of ether oxygens (including phenoxy) is 1. The van der Waals surface area contributed by atoms with Gasteiger partial charge in [-0.1, -0.05) is 0 Å². The average Bonchev–Trinajstić information content (AvgIpc) is 2.54. The summed E-state index contributed by atoms with van der Waals surface area (Å²) in [5.41, 5.74) is 1.87. The molecule has 0 heterocycles. The molecule has 4 saturated carbocycles. The molecule has 4 aliphatic rings. The largest absolute Gasteiger partial charge is 0.492 e. The molecule has 1 aromatic rings. The van der Waals surface area contributed by atoms with Gasteiger partial charge in [-0.3, -0.25) is 0 Å². The van der Waals surface area contributed by atoms with Crippen LogP contribution in [-0.2, 0) is 6.54 Å². The van der Waals surface area contributed by atoms with Crippen LogP contribution in [0.2, 0.25) is 0 Å². The Labute approximate surface area is 168 Å². The van der Waals surface area contributed by atoms with Gasteiger partial charge in [0.2, 0.25) is 0 Å². The molecule has 2 nitrogen and oxygen atoms in total. The maximum Gasteiger partial charge on any atom is 0.147 e. The molecule has 25 heavy (non-hydrogen) atoms. The van der Waals surface area contributed by atoms with Crippen LogP contribution in [0.25, 0.3) is 0 Å². The van der Waals surface area contributed by atoms with Crippen LogP contribution in [0, 0.1) is 23.2 Å². The molecule has 4 bridgehead atoms. The molecule has 4 aliphatic carbocycles. The minimum absolute atomic E-state index is 0.564. The summed E-state index contributed by atoms with van der Waals surface area (Å²) in [6.07, 6.45) is 8.94. The Morgan fingerprint density at radius 2 is 1.60 bits per heavy atom. The molecule has 1 atom stereocenters. The van der Waals surface area contributed by atoms with Crippen molar-refractivity contribution in [3.05, 3.63) is 26.6 Å². The summed E-state index contributed by atoms with van der Waals surface area (Å²) >= 11 is 7.31. The zero-order chi connectivity index (χ0) is 17.6. The second-order valence-corrected chi connectivity index (χ2v) is 10.4. The van der Waals surface area contributed by atoms with E-state index < -0.39 is 0 Å². The number of halogens is 2. The molecular formula is C21H29Br2NO. The molecule has 1 unspecified atom stereocenters. The molecule has 0 radical (unpaired) electrons. The average molecular weight is 471 g/mol. The fourth-order valence-electron chi connectivity index (χ4n) is 6.19. The molecule has 4 fully saturated rings. The van der Waals surface area contributed by atoms with Crippen molar-refractivity contribution in [1.29, 1.82) is 0 Å². The van der Waals surface area contributed by atoms with Crippen molar-refractivity contribution < 1.29 is 4.74 Å². The van der Waals surface area contributed by atoms with Crippen molar-refractivity contribution in [2.24, 2.45) is 23.2 Å². The second-order valence-electron chi connectivity index (χ2n) is 8.70. The van der Waals surface area contributed by atoms with Gasteiger partial charge in [0.05, 0.1) is 15.6 Å². The van der Waals surface area contributed by atoms with E-state index in [0.717, 1.165) is 39.0 Å². The van der Waals surface area contributed by atoms with Gasteiger partial charge in [-0.05, 0) is 125 Å². The van der Waals surface area contributed by atoms with Crippen molar-refractivity contribution >= 4 is 31.9 Å². The predicted octanol–water partition coefficient (Wildman–Crippen LogP) is 6.30. The van der Waals surface area contributed by atoms with Gasteiger partial charge in [0.15, 0.2) is 0 Å². The maximum atomic E-state index is 5.70. The monoisotopic (exact) mass is 469 g/mol. The van der Waals surface area contributed by atoms with Crippen LogP contribution in [0.1, 0.15) is 57.9 Å². The van der Waals surface area contributed by atoms with E-state index in [9.17, 15) is 0 Å². The fourth-order valence-corrected chi connectivity index (χ4v) is 7.70. The third-order valence-corrected chi connectivity index (χ3v) is 8.14. The van der Waals surface area contributed by atoms with Crippen LogP contribution in [0.4, 0.5) is 0 Å². The van der Waals surface area contributed by atoms with Crippen molar-refractivity contribution in [2.75, 3.05) is 6.61 Å². The van der Waals surface area contributed by atoms with Gasteiger partial charge >= 0.3 is 0 Å². The molecule has 138 valence electrons. The summed E-state index contributed by atoms with van der Waals surface area (Å²) in [6.45, 7) is 6.05. The van der Waals surface area contributed by atoms with Gasteiger partial charge < -0.3 is 10.1 Å². The number of benzene rings is 1. The maximum absolute atomic E-state index is 5.70. The Hall–Kier alpha value is -0.0600. The fraction of sp³-hybridized carbons (Fsp3) is 0.714. The smallest absolute Gasteiger partial charge is 0.147 e. The summed E-state index contributed by atoms with van der Waals surface area (Å²) < 4.78 is 7.76. The zero-order valence-electron chi connectivity index (χ0n) is 15.3. The third kappa shape index (κ3) is 3.55. The molecule has 5 rings (SSSR count). The lowest BCUT2D eigenvalue weighted by Gasteiger charge is -2.59. The van der Waals surface area contributed by atoms with E-state index in [4.69, 9.17) is 4.74 Å². The standard InChI is InChI=1S/C21H29Br2NO/c1-3-25-20-18(22)7-17(8-19(20)23)12-24-13(2)21-9-14-4-15(10-21)6-16(5-14)11-21/h7-8,13-16,24H,3-6,9-12H2,1-2H3. The highest BCUT2D eigenvalue weighted by molar-refractivity contribution is 9.11.